The quantitative estimate of drug-likeness (QED) is 0.855. The van der Waals surface area contributed by atoms with Crippen molar-refractivity contribution in [1.29, 1.82) is 0 Å². The van der Waals surface area contributed by atoms with Crippen molar-refractivity contribution >= 4 is 0 Å². The Morgan fingerprint density at radius 3 is 2.87 bits per heavy atom. The van der Waals surface area contributed by atoms with Gasteiger partial charge in [-0.3, -0.25) is 0 Å². The molecule has 2 aromatic rings. The average molecular weight is 315 g/mol. The fourth-order valence-electron chi connectivity index (χ4n) is 3.67. The predicted octanol–water partition coefficient (Wildman–Crippen LogP) is 1.91. The smallest absolute Gasteiger partial charge is 0.216 e. The summed E-state index contributed by atoms with van der Waals surface area (Å²) < 4.78 is 7.29. The number of aliphatic hydroxyl groups excluding tert-OH is 1. The summed E-state index contributed by atoms with van der Waals surface area (Å²) in [7, 11) is 3.57. The molecule has 0 aliphatic heterocycles. The molecule has 0 spiro atoms. The van der Waals surface area contributed by atoms with E-state index in [1.165, 1.54) is 11.1 Å². The van der Waals surface area contributed by atoms with Gasteiger partial charge in [-0.25, -0.2) is 4.68 Å². The maximum atomic E-state index is 10.1. The van der Waals surface area contributed by atoms with Gasteiger partial charge in [0.25, 0.3) is 0 Å². The minimum atomic E-state index is -0.373. The van der Waals surface area contributed by atoms with Crippen molar-refractivity contribution in [3.05, 3.63) is 46.6 Å². The molecule has 0 fully saturated rings. The molecule has 1 atom stereocenters. The van der Waals surface area contributed by atoms with Crippen LogP contribution in [0.4, 0.5) is 0 Å². The molecule has 2 N–H and O–H groups in total. The number of nitrogens with one attached hydrogen (secondary N) is 1. The molecule has 5 heteroatoms. The lowest BCUT2D eigenvalue weighted by molar-refractivity contribution is 0.158. The number of hydrogen-bond acceptors (Lipinski definition) is 4. The van der Waals surface area contributed by atoms with Gasteiger partial charge in [0.15, 0.2) is 0 Å². The van der Waals surface area contributed by atoms with E-state index in [0.717, 1.165) is 36.4 Å². The third kappa shape index (κ3) is 2.64. The summed E-state index contributed by atoms with van der Waals surface area (Å²) in [4.78, 5) is 0. The number of nitrogens with zero attached hydrogens (tertiary/aromatic N) is 2. The molecule has 0 bridgehead atoms. The van der Waals surface area contributed by atoms with Gasteiger partial charge in [0.2, 0.25) is 5.88 Å². The Bertz CT molecular complexity index is 696. The first kappa shape index (κ1) is 16.0. The van der Waals surface area contributed by atoms with Gasteiger partial charge >= 0.3 is 0 Å². The number of fused-ring (bicyclic) bond motifs is 1. The van der Waals surface area contributed by atoms with E-state index in [2.05, 4.69) is 35.5 Å². The molecule has 23 heavy (non-hydrogen) atoms. The average Bonchev–Trinajstić information content (AvgIpc) is 3.11. The van der Waals surface area contributed by atoms with Crippen LogP contribution in [0.3, 0.4) is 0 Å². The van der Waals surface area contributed by atoms with E-state index >= 15 is 0 Å². The first-order chi connectivity index (χ1) is 11.1. The summed E-state index contributed by atoms with van der Waals surface area (Å²) in [5, 5.41) is 18.2. The first-order valence-corrected chi connectivity index (χ1v) is 8.18. The lowest BCUT2D eigenvalue weighted by atomic mass is 9.92. The van der Waals surface area contributed by atoms with Gasteiger partial charge in [-0.1, -0.05) is 31.2 Å². The summed E-state index contributed by atoms with van der Waals surface area (Å²) in [5.41, 5.74) is 4.28. The number of aromatic nitrogens is 2. The summed E-state index contributed by atoms with van der Waals surface area (Å²) in [6.45, 7) is 2.82. The highest BCUT2D eigenvalue weighted by molar-refractivity contribution is 5.39. The second-order valence-electron chi connectivity index (χ2n) is 6.16. The maximum absolute atomic E-state index is 10.1. The van der Waals surface area contributed by atoms with E-state index in [1.54, 1.807) is 11.8 Å². The molecule has 1 aromatic heterocycles. The second kappa shape index (κ2) is 6.34. The van der Waals surface area contributed by atoms with E-state index in [9.17, 15) is 5.11 Å². The number of aliphatic hydroxyl groups is 1. The van der Waals surface area contributed by atoms with Crippen molar-refractivity contribution in [3.63, 3.8) is 0 Å². The molecule has 0 saturated carbocycles. The molecular weight excluding hydrogens is 290 g/mol. The van der Waals surface area contributed by atoms with Crippen LogP contribution in [0.5, 0.6) is 5.88 Å². The van der Waals surface area contributed by atoms with Crippen LogP contribution in [-0.2, 0) is 32.0 Å². The largest absolute Gasteiger partial charge is 0.481 e. The lowest BCUT2D eigenvalue weighted by Gasteiger charge is -2.30. The molecule has 0 radical (unpaired) electrons. The Morgan fingerprint density at radius 2 is 2.17 bits per heavy atom. The SMILES string of the molecule is CCc1nn(C)c(OC)c1CNC1(CO)CCc2ccccc21. The first-order valence-electron chi connectivity index (χ1n) is 8.18. The fraction of sp³-hybridized carbons (Fsp3) is 0.500. The summed E-state index contributed by atoms with van der Waals surface area (Å²) >= 11 is 0. The molecule has 3 rings (SSSR count). The maximum Gasteiger partial charge on any atom is 0.216 e. The van der Waals surface area contributed by atoms with Gasteiger partial charge < -0.3 is 15.2 Å². The molecule has 0 amide bonds. The highest BCUT2D eigenvalue weighted by atomic mass is 16.5. The monoisotopic (exact) mass is 315 g/mol. The summed E-state index contributed by atoms with van der Waals surface area (Å²) in [6.07, 6.45) is 2.76. The Balaban J connectivity index is 1.88. The number of hydrogen-bond donors (Lipinski definition) is 2. The third-order valence-corrected chi connectivity index (χ3v) is 4.93. The predicted molar refractivity (Wildman–Crippen MR) is 89.5 cm³/mol. The van der Waals surface area contributed by atoms with E-state index < -0.39 is 0 Å². The van der Waals surface area contributed by atoms with Crippen molar-refractivity contribution in [1.82, 2.24) is 15.1 Å². The van der Waals surface area contributed by atoms with E-state index in [0.29, 0.717) is 6.54 Å². The van der Waals surface area contributed by atoms with Crippen molar-refractivity contribution in [2.75, 3.05) is 13.7 Å². The van der Waals surface area contributed by atoms with Gasteiger partial charge in [0.1, 0.15) is 0 Å². The summed E-state index contributed by atoms with van der Waals surface area (Å²) in [5.74, 6) is 0.786. The van der Waals surface area contributed by atoms with Gasteiger partial charge in [-0.2, -0.15) is 5.10 Å². The van der Waals surface area contributed by atoms with Gasteiger partial charge in [-0.15, -0.1) is 0 Å². The lowest BCUT2D eigenvalue weighted by Crippen LogP contribution is -2.43. The molecule has 0 saturated heterocycles. The van der Waals surface area contributed by atoms with Crippen molar-refractivity contribution in [2.24, 2.45) is 7.05 Å². The minimum absolute atomic E-state index is 0.0913. The van der Waals surface area contributed by atoms with Crippen molar-refractivity contribution in [2.45, 2.75) is 38.3 Å². The molecular formula is C18H25N3O2. The van der Waals surface area contributed by atoms with Crippen LogP contribution in [0.1, 0.15) is 35.7 Å². The molecule has 1 aliphatic carbocycles. The van der Waals surface area contributed by atoms with Crippen LogP contribution in [0.15, 0.2) is 24.3 Å². The molecule has 1 aliphatic rings. The van der Waals surface area contributed by atoms with Crippen LogP contribution >= 0.6 is 0 Å². The highest BCUT2D eigenvalue weighted by Gasteiger charge is 2.38. The van der Waals surface area contributed by atoms with Gasteiger partial charge in [0, 0.05) is 13.6 Å². The van der Waals surface area contributed by atoms with Gasteiger partial charge in [0.05, 0.1) is 30.5 Å². The number of benzene rings is 1. The summed E-state index contributed by atoms with van der Waals surface area (Å²) in [6, 6.07) is 8.37. The Morgan fingerprint density at radius 1 is 1.39 bits per heavy atom. The number of rotatable bonds is 6. The second-order valence-corrected chi connectivity index (χ2v) is 6.16. The normalized spacial score (nSPS) is 19.8. The standard InChI is InChI=1S/C18H25N3O2/c1-4-16-14(17(23-3)21(2)20-16)11-19-18(12-22)10-9-13-7-5-6-8-15(13)18/h5-8,19,22H,4,9-12H2,1-3H3. The van der Waals surface area contributed by atoms with E-state index in [-0.39, 0.29) is 12.1 Å². The third-order valence-electron chi connectivity index (χ3n) is 4.93. The molecule has 1 aromatic carbocycles. The zero-order chi connectivity index (χ0) is 16.4. The van der Waals surface area contributed by atoms with E-state index in [1.807, 2.05) is 13.1 Å². The number of ether oxygens (including phenoxy) is 1. The Kier molecular flexibility index (Phi) is 4.41. The molecule has 1 unspecified atom stereocenters. The molecule has 5 nitrogen and oxygen atoms in total. The Hall–Kier alpha value is -1.85. The minimum Gasteiger partial charge on any atom is -0.481 e. The van der Waals surface area contributed by atoms with Crippen molar-refractivity contribution < 1.29 is 9.84 Å². The van der Waals surface area contributed by atoms with Crippen LogP contribution in [0.25, 0.3) is 0 Å². The fourth-order valence-corrected chi connectivity index (χ4v) is 3.67. The van der Waals surface area contributed by atoms with Crippen LogP contribution in [-0.4, -0.2) is 28.6 Å². The zero-order valence-electron chi connectivity index (χ0n) is 14.1. The zero-order valence-corrected chi connectivity index (χ0v) is 14.1. The highest BCUT2D eigenvalue weighted by Crippen LogP contribution is 2.37. The van der Waals surface area contributed by atoms with Crippen LogP contribution in [0, 0.1) is 0 Å². The number of methoxy groups -OCH3 is 1. The molecule has 1 heterocycles. The van der Waals surface area contributed by atoms with Crippen molar-refractivity contribution in [3.8, 4) is 5.88 Å². The van der Waals surface area contributed by atoms with Crippen LogP contribution in [0.2, 0.25) is 0 Å². The van der Waals surface area contributed by atoms with Gasteiger partial charge in [-0.05, 0) is 30.4 Å². The van der Waals surface area contributed by atoms with Crippen LogP contribution < -0.4 is 10.1 Å². The van der Waals surface area contributed by atoms with E-state index in [4.69, 9.17) is 4.74 Å². The molecule has 124 valence electrons. The number of aryl methyl sites for hydroxylation is 3. The Labute approximate surface area is 137 Å². The topological polar surface area (TPSA) is 59.3 Å².